The molecule has 1 heterocycles. The molecule has 1 fully saturated rings. The smallest absolute Gasteiger partial charge is 0.0826 e. The minimum atomic E-state index is 0.403. The molecule has 0 bridgehead atoms. The number of rotatable bonds is 5. The highest BCUT2D eigenvalue weighted by Gasteiger charge is 2.15. The van der Waals surface area contributed by atoms with E-state index in [9.17, 15) is 0 Å². The number of likely N-dealkylation sites (N-methyl/N-ethyl adjacent to an activating group) is 1. The molecule has 0 aromatic rings. The van der Waals surface area contributed by atoms with Crippen LogP contribution in [0.1, 0.15) is 20.3 Å². The highest BCUT2D eigenvalue weighted by molar-refractivity contribution is 4.71. The summed E-state index contributed by atoms with van der Waals surface area (Å²) in [5, 5.41) is 3.35. The second kappa shape index (κ2) is 6.35. The number of nitrogens with zero attached hydrogens (tertiary/aromatic N) is 1. The van der Waals surface area contributed by atoms with Crippen LogP contribution in [0.5, 0.6) is 0 Å². The largest absolute Gasteiger partial charge is 0.374 e. The highest BCUT2D eigenvalue weighted by Crippen LogP contribution is 2.00. The Bertz CT molecular complexity index is 121. The Morgan fingerprint density at radius 3 is 2.85 bits per heavy atom. The average molecular weight is 186 g/mol. The topological polar surface area (TPSA) is 24.5 Å². The molecule has 0 saturated carbocycles. The number of hydrogen-bond acceptors (Lipinski definition) is 3. The van der Waals surface area contributed by atoms with E-state index in [-0.39, 0.29) is 0 Å². The lowest BCUT2D eigenvalue weighted by molar-refractivity contribution is 0.00646. The van der Waals surface area contributed by atoms with Gasteiger partial charge in [0.25, 0.3) is 0 Å². The summed E-state index contributed by atoms with van der Waals surface area (Å²) in [5.74, 6) is 0. The van der Waals surface area contributed by atoms with E-state index >= 15 is 0 Å². The molecular formula is C10H22N2O. The SMILES string of the molecule is CCCN(CC)CC1CNCCO1. The van der Waals surface area contributed by atoms with Crippen LogP contribution >= 0.6 is 0 Å². The summed E-state index contributed by atoms with van der Waals surface area (Å²) in [5.41, 5.74) is 0. The van der Waals surface area contributed by atoms with E-state index in [0.717, 1.165) is 32.8 Å². The molecule has 1 unspecified atom stereocenters. The van der Waals surface area contributed by atoms with Gasteiger partial charge in [-0.2, -0.15) is 0 Å². The van der Waals surface area contributed by atoms with Gasteiger partial charge in [0.1, 0.15) is 0 Å². The monoisotopic (exact) mass is 186 g/mol. The molecule has 1 saturated heterocycles. The summed E-state index contributed by atoms with van der Waals surface area (Å²) >= 11 is 0. The summed E-state index contributed by atoms with van der Waals surface area (Å²) in [6.45, 7) is 10.7. The third-order valence-corrected chi connectivity index (χ3v) is 2.45. The van der Waals surface area contributed by atoms with E-state index in [4.69, 9.17) is 4.74 Å². The molecule has 0 aromatic heterocycles. The third kappa shape index (κ3) is 4.07. The molecule has 1 rings (SSSR count). The standard InChI is InChI=1S/C10H22N2O/c1-3-6-12(4-2)9-10-8-11-5-7-13-10/h10-11H,3-9H2,1-2H3. The van der Waals surface area contributed by atoms with E-state index in [0.29, 0.717) is 6.10 Å². The van der Waals surface area contributed by atoms with E-state index < -0.39 is 0 Å². The molecule has 0 amide bonds. The van der Waals surface area contributed by atoms with Crippen molar-refractivity contribution in [1.82, 2.24) is 10.2 Å². The number of hydrogen-bond donors (Lipinski definition) is 1. The second-order valence-corrected chi connectivity index (χ2v) is 3.59. The van der Waals surface area contributed by atoms with Crippen LogP contribution in [0.15, 0.2) is 0 Å². The summed E-state index contributed by atoms with van der Waals surface area (Å²) in [6.07, 6.45) is 1.63. The van der Waals surface area contributed by atoms with Crippen molar-refractivity contribution in [1.29, 1.82) is 0 Å². The van der Waals surface area contributed by atoms with Crippen LogP contribution in [0.25, 0.3) is 0 Å². The van der Waals surface area contributed by atoms with Crippen molar-refractivity contribution < 1.29 is 4.74 Å². The molecule has 3 heteroatoms. The Morgan fingerprint density at radius 2 is 2.31 bits per heavy atom. The van der Waals surface area contributed by atoms with Gasteiger partial charge < -0.3 is 15.0 Å². The minimum absolute atomic E-state index is 0.403. The third-order valence-electron chi connectivity index (χ3n) is 2.45. The zero-order valence-electron chi connectivity index (χ0n) is 8.88. The molecule has 1 aliphatic heterocycles. The maximum absolute atomic E-state index is 5.65. The molecule has 78 valence electrons. The van der Waals surface area contributed by atoms with Crippen molar-refractivity contribution in [2.45, 2.75) is 26.4 Å². The molecule has 3 nitrogen and oxygen atoms in total. The van der Waals surface area contributed by atoms with Crippen molar-refractivity contribution in [3.05, 3.63) is 0 Å². The average Bonchev–Trinajstić information content (AvgIpc) is 2.19. The first-order chi connectivity index (χ1) is 6.36. The lowest BCUT2D eigenvalue weighted by Gasteiger charge is -2.29. The molecule has 0 aliphatic carbocycles. The van der Waals surface area contributed by atoms with Gasteiger partial charge in [-0.25, -0.2) is 0 Å². The van der Waals surface area contributed by atoms with Gasteiger partial charge in [-0.05, 0) is 19.5 Å². The zero-order valence-corrected chi connectivity index (χ0v) is 8.88. The lowest BCUT2D eigenvalue weighted by Crippen LogP contribution is -2.45. The Morgan fingerprint density at radius 1 is 1.46 bits per heavy atom. The predicted molar refractivity (Wildman–Crippen MR) is 55.0 cm³/mol. The van der Waals surface area contributed by atoms with Crippen LogP contribution < -0.4 is 5.32 Å². The van der Waals surface area contributed by atoms with Crippen LogP contribution in [0, 0.1) is 0 Å². The fourth-order valence-electron chi connectivity index (χ4n) is 1.72. The molecule has 0 spiro atoms. The van der Waals surface area contributed by atoms with Gasteiger partial charge in [0.2, 0.25) is 0 Å². The van der Waals surface area contributed by atoms with E-state index in [1.54, 1.807) is 0 Å². The molecular weight excluding hydrogens is 164 g/mol. The summed E-state index contributed by atoms with van der Waals surface area (Å²) in [6, 6.07) is 0. The molecule has 1 N–H and O–H groups in total. The number of morpholine rings is 1. The maximum Gasteiger partial charge on any atom is 0.0826 e. The fourth-order valence-corrected chi connectivity index (χ4v) is 1.72. The van der Waals surface area contributed by atoms with Gasteiger partial charge in [-0.3, -0.25) is 0 Å². The normalized spacial score (nSPS) is 23.8. The van der Waals surface area contributed by atoms with Crippen molar-refractivity contribution >= 4 is 0 Å². The van der Waals surface area contributed by atoms with E-state index in [2.05, 4.69) is 24.1 Å². The first kappa shape index (κ1) is 11.0. The lowest BCUT2D eigenvalue weighted by atomic mass is 10.2. The minimum Gasteiger partial charge on any atom is -0.374 e. The van der Waals surface area contributed by atoms with Gasteiger partial charge >= 0.3 is 0 Å². The predicted octanol–water partition coefficient (Wildman–Crippen LogP) is 0.707. The Hall–Kier alpha value is -0.120. The van der Waals surface area contributed by atoms with Crippen molar-refractivity contribution in [2.24, 2.45) is 0 Å². The zero-order chi connectivity index (χ0) is 9.52. The van der Waals surface area contributed by atoms with Crippen LogP contribution in [-0.4, -0.2) is 50.3 Å². The van der Waals surface area contributed by atoms with Crippen molar-refractivity contribution in [3.8, 4) is 0 Å². The summed E-state index contributed by atoms with van der Waals surface area (Å²) in [7, 11) is 0. The molecule has 13 heavy (non-hydrogen) atoms. The fraction of sp³-hybridized carbons (Fsp3) is 1.00. The van der Waals surface area contributed by atoms with Gasteiger partial charge in [0.15, 0.2) is 0 Å². The second-order valence-electron chi connectivity index (χ2n) is 3.59. The Kier molecular flexibility index (Phi) is 5.35. The first-order valence-electron chi connectivity index (χ1n) is 5.41. The Labute approximate surface area is 81.4 Å². The highest BCUT2D eigenvalue weighted by atomic mass is 16.5. The van der Waals surface area contributed by atoms with Gasteiger partial charge in [0.05, 0.1) is 12.7 Å². The number of nitrogens with one attached hydrogen (secondary N) is 1. The van der Waals surface area contributed by atoms with Crippen LogP contribution in [0.2, 0.25) is 0 Å². The summed E-state index contributed by atoms with van der Waals surface area (Å²) in [4.78, 5) is 2.46. The van der Waals surface area contributed by atoms with Gasteiger partial charge in [-0.1, -0.05) is 13.8 Å². The van der Waals surface area contributed by atoms with Crippen LogP contribution in [0.3, 0.4) is 0 Å². The maximum atomic E-state index is 5.65. The summed E-state index contributed by atoms with van der Waals surface area (Å²) < 4.78 is 5.65. The van der Waals surface area contributed by atoms with Crippen molar-refractivity contribution in [2.75, 3.05) is 39.3 Å². The quantitative estimate of drug-likeness (QED) is 0.684. The molecule has 0 radical (unpaired) electrons. The molecule has 1 atom stereocenters. The first-order valence-corrected chi connectivity index (χ1v) is 5.41. The molecule has 0 aromatic carbocycles. The van der Waals surface area contributed by atoms with Crippen molar-refractivity contribution in [3.63, 3.8) is 0 Å². The van der Waals surface area contributed by atoms with E-state index in [1.807, 2.05) is 0 Å². The number of ether oxygens (including phenoxy) is 1. The van der Waals surface area contributed by atoms with Crippen LogP contribution in [-0.2, 0) is 4.74 Å². The van der Waals surface area contributed by atoms with Gasteiger partial charge in [0, 0.05) is 19.6 Å². The van der Waals surface area contributed by atoms with Gasteiger partial charge in [-0.15, -0.1) is 0 Å². The van der Waals surface area contributed by atoms with Crippen LogP contribution in [0.4, 0.5) is 0 Å². The Balaban J connectivity index is 2.18. The van der Waals surface area contributed by atoms with E-state index in [1.165, 1.54) is 13.0 Å². The molecule has 1 aliphatic rings.